The van der Waals surface area contributed by atoms with Gasteiger partial charge in [0.2, 0.25) is 11.7 Å². The number of pyridine rings is 1. The van der Waals surface area contributed by atoms with Gasteiger partial charge < -0.3 is 29.1 Å². The number of ketones is 1. The first-order valence-electron chi connectivity index (χ1n) is 16.2. The third-order valence-electron chi connectivity index (χ3n) is 9.35. The fraction of sp³-hybridized carbons (Fsp3) is 0.324. The summed E-state index contributed by atoms with van der Waals surface area (Å²) in [6.07, 6.45) is 7.42. The molecule has 0 radical (unpaired) electrons. The average molecular weight is 686 g/mol. The molecule has 0 atom stereocenters. The molecule has 2 N–H and O–H groups in total. The number of nitrogens with zero attached hydrogens (tertiary/aromatic N) is 3. The number of methoxy groups -OCH3 is 2. The summed E-state index contributed by atoms with van der Waals surface area (Å²) < 4.78 is 45.7. The fourth-order valence-corrected chi connectivity index (χ4v) is 7.65. The quantitative estimate of drug-likeness (QED) is 0.118. The van der Waals surface area contributed by atoms with E-state index in [1.807, 2.05) is 25.1 Å². The number of amides is 1. The molecule has 2 aliphatic rings. The Morgan fingerprint density at radius 2 is 1.92 bits per heavy atom. The Bertz CT molecular complexity index is 2140. The summed E-state index contributed by atoms with van der Waals surface area (Å²) in [5.41, 5.74) is 4.94. The average Bonchev–Trinajstić information content (AvgIpc) is 3.57. The highest BCUT2D eigenvalue weighted by Crippen LogP contribution is 2.47. The summed E-state index contributed by atoms with van der Waals surface area (Å²) >= 11 is 1.69. The van der Waals surface area contributed by atoms with E-state index in [0.717, 1.165) is 68.9 Å². The summed E-state index contributed by atoms with van der Waals surface area (Å²) in [7, 11) is 3.31. The van der Waals surface area contributed by atoms with Gasteiger partial charge in [-0.3, -0.25) is 9.59 Å². The summed E-state index contributed by atoms with van der Waals surface area (Å²) in [5, 5.41) is 5.57. The number of anilines is 1. The molecule has 0 saturated heterocycles. The molecule has 7 rings (SSSR count). The second kappa shape index (κ2) is 13.1. The number of thioether (sulfide) groups is 1. The molecule has 1 aliphatic heterocycles. The predicted molar refractivity (Wildman–Crippen MR) is 187 cm³/mol. The molecule has 1 aliphatic carbocycles. The maximum absolute atomic E-state index is 15.3. The van der Waals surface area contributed by atoms with E-state index in [4.69, 9.17) is 14.5 Å². The highest BCUT2D eigenvalue weighted by atomic mass is 32.2. The predicted octanol–water partition coefficient (Wildman–Crippen LogP) is 6.71. The van der Waals surface area contributed by atoms with Crippen LogP contribution in [0.15, 0.2) is 59.6 Å². The molecule has 4 heterocycles. The smallest absolute Gasteiger partial charge is 0.248 e. The molecule has 1 amide bonds. The maximum Gasteiger partial charge on any atom is 0.248 e. The van der Waals surface area contributed by atoms with E-state index in [9.17, 15) is 9.59 Å². The van der Waals surface area contributed by atoms with E-state index in [0.29, 0.717) is 37.6 Å². The molecule has 12 heteroatoms. The lowest BCUT2D eigenvalue weighted by molar-refractivity contribution is -0.112. The molecule has 9 nitrogen and oxygen atoms in total. The minimum Gasteiger partial charge on any atom is -0.496 e. The molecule has 2 aromatic carbocycles. The van der Waals surface area contributed by atoms with Crippen molar-refractivity contribution in [3.63, 3.8) is 0 Å². The lowest BCUT2D eigenvalue weighted by Crippen LogP contribution is -2.27. The van der Waals surface area contributed by atoms with Crippen LogP contribution in [0.1, 0.15) is 47.2 Å². The van der Waals surface area contributed by atoms with Crippen molar-refractivity contribution >= 4 is 45.7 Å². The Kier molecular flexibility index (Phi) is 8.80. The first-order chi connectivity index (χ1) is 23.6. The summed E-state index contributed by atoms with van der Waals surface area (Å²) in [6, 6.07) is 9.57. The molecule has 254 valence electrons. The van der Waals surface area contributed by atoms with Crippen molar-refractivity contribution in [1.29, 1.82) is 0 Å². The summed E-state index contributed by atoms with van der Waals surface area (Å²) in [4.78, 5) is 32.3. The van der Waals surface area contributed by atoms with Crippen molar-refractivity contribution in [3.8, 4) is 16.9 Å². The number of hydrogen-bond donors (Lipinski definition) is 2. The van der Waals surface area contributed by atoms with Gasteiger partial charge in [0.15, 0.2) is 0 Å². The Morgan fingerprint density at radius 1 is 1.14 bits per heavy atom. The summed E-state index contributed by atoms with van der Waals surface area (Å²) in [5.74, 6) is -1.02. The number of benzene rings is 2. The number of aryl methyl sites for hydroxylation is 2. The zero-order valence-electron chi connectivity index (χ0n) is 27.8. The molecular formula is C37H37F2N5O4S. The first kappa shape index (κ1) is 33.0. The number of nitrogens with one attached hydrogen (secondary N) is 2. The van der Waals surface area contributed by atoms with Crippen molar-refractivity contribution in [2.24, 2.45) is 0 Å². The SMILES string of the molecule is COCCn1c(C)nc2c3c(c(OC)cc21)-c1cccn2c(C(=O)c4cc(F)c(NC(=O)/C=C/CNC5(C)CC5)c(F)c4)cc(c12)CCS3. The van der Waals surface area contributed by atoms with Gasteiger partial charge in [0.05, 0.1) is 30.4 Å². The van der Waals surface area contributed by atoms with Crippen LogP contribution >= 0.6 is 11.8 Å². The maximum atomic E-state index is 15.3. The van der Waals surface area contributed by atoms with Gasteiger partial charge in [-0.05, 0) is 62.9 Å². The van der Waals surface area contributed by atoms with Crippen LogP contribution in [0.3, 0.4) is 0 Å². The molecule has 1 saturated carbocycles. The number of fused-ring (bicyclic) bond motifs is 4. The van der Waals surface area contributed by atoms with Crippen LogP contribution in [0.5, 0.6) is 5.75 Å². The van der Waals surface area contributed by atoms with Crippen LogP contribution in [-0.2, 0) is 22.5 Å². The molecule has 49 heavy (non-hydrogen) atoms. The normalized spacial score (nSPS) is 15.0. The molecule has 1 fully saturated rings. The van der Waals surface area contributed by atoms with E-state index >= 15 is 8.78 Å². The number of ether oxygens (including phenoxy) is 2. The third kappa shape index (κ3) is 6.13. The van der Waals surface area contributed by atoms with Crippen LogP contribution in [0, 0.1) is 18.6 Å². The van der Waals surface area contributed by atoms with E-state index in [1.54, 1.807) is 48.7 Å². The third-order valence-corrected chi connectivity index (χ3v) is 10.4. The van der Waals surface area contributed by atoms with Gasteiger partial charge in [-0.25, -0.2) is 13.8 Å². The van der Waals surface area contributed by atoms with Crippen molar-refractivity contribution < 1.29 is 27.8 Å². The standard InChI is InChI=1S/C37H37F2N5O4S/c1-21-41-33-27(43(21)14-15-47-3)20-29(48-4)31-24-7-6-13-44-28(19-22(34(24)44)9-16-49-36(31)33)35(46)23-17-25(38)32(26(39)18-23)42-30(45)8-5-12-40-37(2)10-11-37/h5-8,13,17-20,40H,9-12,14-16H2,1-4H3,(H,42,45)/b8-5+. The number of carbonyl (C=O) groups excluding carboxylic acids is 2. The second-order valence-electron chi connectivity index (χ2n) is 12.7. The van der Waals surface area contributed by atoms with Crippen molar-refractivity contribution in [1.82, 2.24) is 19.3 Å². The van der Waals surface area contributed by atoms with Crippen LogP contribution in [-0.4, -0.2) is 64.3 Å². The minimum absolute atomic E-state index is 0.0997. The topological polar surface area (TPSA) is 98.9 Å². The Labute approximate surface area is 286 Å². The van der Waals surface area contributed by atoms with Gasteiger partial charge in [0.25, 0.3) is 0 Å². The van der Waals surface area contributed by atoms with Crippen molar-refractivity contribution in [2.45, 2.75) is 50.1 Å². The fourth-order valence-electron chi connectivity index (χ4n) is 6.49. The highest BCUT2D eigenvalue weighted by Gasteiger charge is 2.36. The van der Waals surface area contributed by atoms with Crippen LogP contribution in [0.2, 0.25) is 0 Å². The van der Waals surface area contributed by atoms with E-state index in [2.05, 4.69) is 22.1 Å². The zero-order chi connectivity index (χ0) is 34.4. The molecule has 3 aromatic heterocycles. The van der Waals surface area contributed by atoms with Gasteiger partial charge >= 0.3 is 0 Å². The lowest BCUT2D eigenvalue weighted by atomic mass is 10.0. The zero-order valence-corrected chi connectivity index (χ0v) is 28.6. The number of aromatic nitrogens is 3. The van der Waals surface area contributed by atoms with Gasteiger partial charge in [-0.2, -0.15) is 0 Å². The molecule has 0 unspecified atom stereocenters. The Balaban J connectivity index is 1.24. The lowest BCUT2D eigenvalue weighted by Gasteiger charge is -2.19. The van der Waals surface area contributed by atoms with Crippen LogP contribution in [0.4, 0.5) is 14.5 Å². The van der Waals surface area contributed by atoms with Gasteiger partial charge in [0, 0.05) is 71.4 Å². The highest BCUT2D eigenvalue weighted by molar-refractivity contribution is 7.99. The number of hydrogen-bond acceptors (Lipinski definition) is 7. The van der Waals surface area contributed by atoms with Crippen molar-refractivity contribution in [2.75, 3.05) is 38.4 Å². The van der Waals surface area contributed by atoms with Crippen LogP contribution < -0.4 is 15.4 Å². The number of imidazole rings is 1. The minimum atomic E-state index is -1.03. The first-order valence-corrected chi connectivity index (χ1v) is 17.2. The molecule has 5 aromatic rings. The summed E-state index contributed by atoms with van der Waals surface area (Å²) in [6.45, 7) is 5.73. The number of rotatable bonds is 11. The van der Waals surface area contributed by atoms with E-state index < -0.39 is 29.0 Å². The van der Waals surface area contributed by atoms with Gasteiger partial charge in [0.1, 0.15) is 34.4 Å². The Hall–Kier alpha value is -4.52. The number of halogens is 2. The van der Waals surface area contributed by atoms with Crippen molar-refractivity contribution in [3.05, 3.63) is 89.0 Å². The largest absolute Gasteiger partial charge is 0.496 e. The van der Waals surface area contributed by atoms with E-state index in [-0.39, 0.29) is 16.8 Å². The number of carbonyl (C=O) groups is 2. The molecular weight excluding hydrogens is 649 g/mol. The molecule has 0 bridgehead atoms. The monoisotopic (exact) mass is 685 g/mol. The molecule has 0 spiro atoms. The van der Waals surface area contributed by atoms with Gasteiger partial charge in [-0.15, -0.1) is 11.8 Å². The second-order valence-corrected chi connectivity index (χ2v) is 13.8. The Morgan fingerprint density at radius 3 is 2.63 bits per heavy atom. The van der Waals surface area contributed by atoms with Crippen LogP contribution in [0.25, 0.3) is 27.7 Å². The van der Waals surface area contributed by atoms with E-state index in [1.165, 1.54) is 6.08 Å². The van der Waals surface area contributed by atoms with Gasteiger partial charge in [-0.1, -0.05) is 12.1 Å².